The van der Waals surface area contributed by atoms with Crippen LogP contribution in [0.1, 0.15) is 59.3 Å². The molecule has 1 rings (SSSR count). The molecule has 1 atom stereocenters. The molecular formula is C15H26N2O4. The Labute approximate surface area is 125 Å². The maximum absolute atomic E-state index is 12.2. The molecule has 120 valence electrons. The van der Waals surface area contributed by atoms with Crippen molar-refractivity contribution in [3.63, 3.8) is 0 Å². The highest BCUT2D eigenvalue weighted by atomic mass is 16.4. The molecular weight excluding hydrogens is 272 g/mol. The Bertz CT molecular complexity index is 406. The number of carboxylic acid groups (broad SMARTS) is 1. The van der Waals surface area contributed by atoms with E-state index in [2.05, 4.69) is 5.32 Å². The van der Waals surface area contributed by atoms with Gasteiger partial charge in [0.15, 0.2) is 0 Å². The number of nitrogens with one attached hydrogen (secondary N) is 1. The van der Waals surface area contributed by atoms with E-state index in [0.29, 0.717) is 6.54 Å². The van der Waals surface area contributed by atoms with E-state index < -0.39 is 17.3 Å². The van der Waals surface area contributed by atoms with E-state index in [4.69, 9.17) is 5.11 Å². The van der Waals surface area contributed by atoms with Crippen molar-refractivity contribution in [2.45, 2.75) is 65.3 Å². The zero-order valence-corrected chi connectivity index (χ0v) is 13.1. The topological polar surface area (TPSA) is 86.7 Å². The van der Waals surface area contributed by atoms with Gasteiger partial charge in [0.1, 0.15) is 0 Å². The van der Waals surface area contributed by atoms with Crippen molar-refractivity contribution in [1.82, 2.24) is 10.2 Å². The number of amides is 3. The summed E-state index contributed by atoms with van der Waals surface area (Å²) in [5, 5.41) is 11.2. The number of nitrogens with zero attached hydrogens (tertiary/aromatic N) is 1. The normalized spacial score (nSPS) is 19.2. The Balaban J connectivity index is 2.53. The van der Waals surface area contributed by atoms with Crippen LogP contribution in [0.3, 0.4) is 0 Å². The molecule has 1 saturated heterocycles. The lowest BCUT2D eigenvalue weighted by Gasteiger charge is -2.35. The summed E-state index contributed by atoms with van der Waals surface area (Å²) in [6, 6.07) is -0.156. The Morgan fingerprint density at radius 1 is 1.24 bits per heavy atom. The minimum atomic E-state index is -0.943. The lowest BCUT2D eigenvalue weighted by Crippen LogP contribution is -2.50. The molecule has 0 aromatic carbocycles. The third-order valence-corrected chi connectivity index (χ3v) is 3.87. The summed E-state index contributed by atoms with van der Waals surface area (Å²) < 4.78 is 0. The van der Waals surface area contributed by atoms with Crippen LogP contribution < -0.4 is 5.32 Å². The quantitative estimate of drug-likeness (QED) is 0.816. The SMILES string of the molecule is CCC1CCCCN1C(=O)NC(=O)CC(C)(C)CC(=O)O. The lowest BCUT2D eigenvalue weighted by molar-refractivity contribution is -0.139. The molecule has 1 unspecified atom stereocenters. The van der Waals surface area contributed by atoms with Gasteiger partial charge in [0, 0.05) is 19.0 Å². The summed E-state index contributed by atoms with van der Waals surface area (Å²) >= 11 is 0. The summed E-state index contributed by atoms with van der Waals surface area (Å²) in [5.41, 5.74) is -0.664. The molecule has 1 heterocycles. The fraction of sp³-hybridized carbons (Fsp3) is 0.800. The molecule has 0 spiro atoms. The van der Waals surface area contributed by atoms with Gasteiger partial charge in [-0.2, -0.15) is 0 Å². The number of rotatable bonds is 5. The van der Waals surface area contributed by atoms with Gasteiger partial charge in [-0.15, -0.1) is 0 Å². The molecule has 3 amide bonds. The van der Waals surface area contributed by atoms with Crippen molar-refractivity contribution < 1.29 is 19.5 Å². The van der Waals surface area contributed by atoms with Crippen LogP contribution in [-0.2, 0) is 9.59 Å². The Morgan fingerprint density at radius 3 is 2.48 bits per heavy atom. The Kier molecular flexibility index (Phi) is 6.18. The standard InChI is InChI=1S/C15H26N2O4/c1-4-11-7-5-6-8-17(11)14(21)16-12(18)9-15(2,3)10-13(19)20/h11H,4-10H2,1-3H3,(H,19,20)(H,16,18,21). The first-order valence-corrected chi connectivity index (χ1v) is 7.57. The molecule has 0 bridgehead atoms. The number of imide groups is 1. The summed E-state index contributed by atoms with van der Waals surface area (Å²) in [4.78, 5) is 36.6. The van der Waals surface area contributed by atoms with Crippen molar-refractivity contribution >= 4 is 17.9 Å². The summed E-state index contributed by atoms with van der Waals surface area (Å²) in [6.45, 7) is 6.13. The van der Waals surface area contributed by atoms with E-state index in [9.17, 15) is 14.4 Å². The highest BCUT2D eigenvalue weighted by Crippen LogP contribution is 2.25. The third-order valence-electron chi connectivity index (χ3n) is 3.87. The molecule has 2 N–H and O–H groups in total. The van der Waals surface area contributed by atoms with Crippen molar-refractivity contribution in [3.05, 3.63) is 0 Å². The largest absolute Gasteiger partial charge is 0.481 e. The van der Waals surface area contributed by atoms with Gasteiger partial charge in [0.2, 0.25) is 5.91 Å². The number of hydrogen-bond acceptors (Lipinski definition) is 3. The number of urea groups is 1. The van der Waals surface area contributed by atoms with Gasteiger partial charge in [0.05, 0.1) is 6.42 Å². The second-order valence-corrected chi connectivity index (χ2v) is 6.52. The molecule has 0 aliphatic carbocycles. The van der Waals surface area contributed by atoms with Gasteiger partial charge in [-0.1, -0.05) is 20.8 Å². The average Bonchev–Trinajstić information content (AvgIpc) is 2.35. The number of aliphatic carboxylic acids is 1. The van der Waals surface area contributed by atoms with Crippen LogP contribution in [-0.4, -0.2) is 40.5 Å². The smallest absolute Gasteiger partial charge is 0.324 e. The fourth-order valence-corrected chi connectivity index (χ4v) is 2.83. The van der Waals surface area contributed by atoms with Gasteiger partial charge in [0.25, 0.3) is 0 Å². The van der Waals surface area contributed by atoms with E-state index in [0.717, 1.165) is 25.7 Å². The van der Waals surface area contributed by atoms with Crippen LogP contribution in [0.4, 0.5) is 4.79 Å². The molecule has 6 heteroatoms. The number of carboxylic acids is 1. The predicted molar refractivity (Wildman–Crippen MR) is 78.8 cm³/mol. The zero-order chi connectivity index (χ0) is 16.0. The average molecular weight is 298 g/mol. The lowest BCUT2D eigenvalue weighted by atomic mass is 9.85. The van der Waals surface area contributed by atoms with Crippen molar-refractivity contribution in [2.24, 2.45) is 5.41 Å². The van der Waals surface area contributed by atoms with Crippen LogP contribution in [0, 0.1) is 5.41 Å². The molecule has 0 radical (unpaired) electrons. The van der Waals surface area contributed by atoms with Gasteiger partial charge in [-0.3, -0.25) is 14.9 Å². The Morgan fingerprint density at radius 2 is 1.90 bits per heavy atom. The van der Waals surface area contributed by atoms with Gasteiger partial charge < -0.3 is 10.0 Å². The maximum atomic E-state index is 12.2. The van der Waals surface area contributed by atoms with Crippen molar-refractivity contribution in [3.8, 4) is 0 Å². The van der Waals surface area contributed by atoms with E-state index in [-0.39, 0.29) is 24.9 Å². The van der Waals surface area contributed by atoms with E-state index >= 15 is 0 Å². The van der Waals surface area contributed by atoms with Crippen LogP contribution in [0.2, 0.25) is 0 Å². The second-order valence-electron chi connectivity index (χ2n) is 6.52. The highest BCUT2D eigenvalue weighted by molar-refractivity contribution is 5.94. The summed E-state index contributed by atoms with van der Waals surface area (Å²) in [6.07, 6.45) is 3.85. The van der Waals surface area contributed by atoms with Crippen LogP contribution in [0.15, 0.2) is 0 Å². The minimum absolute atomic E-state index is 0.0235. The van der Waals surface area contributed by atoms with E-state index in [1.54, 1.807) is 18.7 Å². The molecule has 0 saturated carbocycles. The number of carbonyl (C=O) groups is 3. The van der Waals surface area contributed by atoms with Crippen molar-refractivity contribution in [2.75, 3.05) is 6.54 Å². The van der Waals surface area contributed by atoms with Gasteiger partial charge in [-0.05, 0) is 31.1 Å². The monoisotopic (exact) mass is 298 g/mol. The van der Waals surface area contributed by atoms with E-state index in [1.165, 1.54) is 0 Å². The number of hydrogen-bond donors (Lipinski definition) is 2. The first kappa shape index (κ1) is 17.5. The molecule has 1 aliphatic heterocycles. The minimum Gasteiger partial charge on any atom is -0.481 e. The Hall–Kier alpha value is -1.59. The van der Waals surface area contributed by atoms with Crippen molar-refractivity contribution in [1.29, 1.82) is 0 Å². The molecule has 0 aromatic heterocycles. The molecule has 21 heavy (non-hydrogen) atoms. The highest BCUT2D eigenvalue weighted by Gasteiger charge is 2.29. The van der Waals surface area contributed by atoms with Crippen LogP contribution >= 0.6 is 0 Å². The summed E-state index contributed by atoms with van der Waals surface area (Å²) in [7, 11) is 0. The molecule has 1 fully saturated rings. The van der Waals surface area contributed by atoms with Crippen LogP contribution in [0.25, 0.3) is 0 Å². The molecule has 0 aromatic rings. The van der Waals surface area contributed by atoms with E-state index in [1.807, 2.05) is 6.92 Å². The number of carbonyl (C=O) groups excluding carboxylic acids is 2. The predicted octanol–water partition coefficient (Wildman–Crippen LogP) is 2.38. The first-order valence-electron chi connectivity index (χ1n) is 7.57. The van der Waals surface area contributed by atoms with Gasteiger partial charge >= 0.3 is 12.0 Å². The molecule has 1 aliphatic rings. The number of piperidine rings is 1. The fourth-order valence-electron chi connectivity index (χ4n) is 2.83. The third kappa shape index (κ3) is 5.73. The first-order chi connectivity index (χ1) is 9.75. The maximum Gasteiger partial charge on any atom is 0.324 e. The van der Waals surface area contributed by atoms with Gasteiger partial charge in [-0.25, -0.2) is 4.79 Å². The summed E-state index contributed by atoms with van der Waals surface area (Å²) in [5.74, 6) is -1.35. The number of likely N-dealkylation sites (tertiary alicyclic amines) is 1. The van der Waals surface area contributed by atoms with Crippen LogP contribution in [0.5, 0.6) is 0 Å². The second kappa shape index (κ2) is 7.43. The molecule has 6 nitrogen and oxygen atoms in total. The zero-order valence-electron chi connectivity index (χ0n) is 13.1.